The minimum absolute atomic E-state index is 0.0135. The van der Waals surface area contributed by atoms with E-state index in [4.69, 9.17) is 4.74 Å². The third-order valence-electron chi connectivity index (χ3n) is 10.2. The number of carboxylic acid groups (broad SMARTS) is 1. The Kier molecular flexibility index (Phi) is 13.4. The van der Waals surface area contributed by atoms with Crippen LogP contribution in [-0.2, 0) is 27.4 Å². The topological polar surface area (TPSA) is 166 Å². The molecule has 4 aromatic carbocycles. The largest absolute Gasteiger partial charge is 0.480 e. The van der Waals surface area contributed by atoms with E-state index in [0.29, 0.717) is 29.4 Å². The molecule has 6 aromatic rings. The Bertz CT molecular complexity index is 2560. The van der Waals surface area contributed by atoms with Crippen LogP contribution < -0.4 is 21.5 Å². The molecule has 2 atom stereocenters. The summed E-state index contributed by atoms with van der Waals surface area (Å²) in [6.07, 6.45) is 3.07. The van der Waals surface area contributed by atoms with Crippen molar-refractivity contribution in [1.29, 1.82) is 0 Å². The van der Waals surface area contributed by atoms with Gasteiger partial charge in [-0.05, 0) is 54.2 Å². The molecule has 0 spiro atoms. The molecule has 0 radical (unpaired) electrons. The second kappa shape index (κ2) is 18.4. The SMILES string of the molecule is CC(C)[C@H](NC(=O)c1cn(Cc2ccccc2)c2ccccc2c1=O)C(=O)O.COC(=O)[C@@](C)(NC(=O)c1cn(Cc2ccccc2)c2ccccc2c1=O)C(C)C. The van der Waals surface area contributed by atoms with Crippen molar-refractivity contribution in [3.63, 3.8) is 0 Å². The highest BCUT2D eigenvalue weighted by molar-refractivity contribution is 6.01. The van der Waals surface area contributed by atoms with Crippen LogP contribution in [0.4, 0.5) is 0 Å². The molecule has 0 saturated carbocycles. The quantitative estimate of drug-likeness (QED) is 0.123. The summed E-state index contributed by atoms with van der Waals surface area (Å²) in [6.45, 7) is 9.61. The second-order valence-corrected chi connectivity index (χ2v) is 14.8. The first-order valence-electron chi connectivity index (χ1n) is 18.9. The first kappa shape index (κ1) is 42.3. The van der Waals surface area contributed by atoms with Crippen molar-refractivity contribution < 1.29 is 29.0 Å². The fourth-order valence-corrected chi connectivity index (χ4v) is 6.51. The molecule has 12 nitrogen and oxygen atoms in total. The summed E-state index contributed by atoms with van der Waals surface area (Å²) in [5, 5.41) is 15.4. The Morgan fingerprint density at radius 2 is 1.07 bits per heavy atom. The fourth-order valence-electron chi connectivity index (χ4n) is 6.51. The number of rotatable bonds is 12. The molecule has 0 bridgehead atoms. The van der Waals surface area contributed by atoms with Crippen LogP contribution in [0.2, 0.25) is 0 Å². The molecule has 0 unspecified atom stereocenters. The van der Waals surface area contributed by atoms with Gasteiger partial charge in [0, 0.05) is 36.3 Å². The number of aromatic nitrogens is 2. The van der Waals surface area contributed by atoms with Gasteiger partial charge in [-0.25, -0.2) is 9.59 Å². The molecule has 300 valence electrons. The maximum Gasteiger partial charge on any atom is 0.331 e. The molecule has 0 aliphatic carbocycles. The van der Waals surface area contributed by atoms with Crippen LogP contribution in [0.3, 0.4) is 0 Å². The maximum absolute atomic E-state index is 13.1. The number of carbonyl (C=O) groups is 4. The van der Waals surface area contributed by atoms with E-state index in [1.165, 1.54) is 13.3 Å². The number of esters is 1. The zero-order valence-corrected chi connectivity index (χ0v) is 33.4. The number of nitrogens with zero attached hydrogens (tertiary/aromatic N) is 2. The standard InChI is InChI=1S/C24H26N2O4.C22H22N2O4/c1-16(2)24(3,23(29)30-4)25-22(28)19-15-26(14-17-10-6-5-7-11-17)20-13-9-8-12-18(20)21(19)27;1-14(2)19(22(27)28)23-21(26)17-13-24(12-15-8-4-3-5-9-15)18-11-7-6-10-16(18)20(17)25/h5-13,15-16H,14H2,1-4H3,(H,25,28);3-11,13-14,19H,12H2,1-2H3,(H,23,26)(H,27,28)/t24-;19-/m00/s1. The number of amides is 2. The second-order valence-electron chi connectivity index (χ2n) is 14.8. The van der Waals surface area contributed by atoms with Gasteiger partial charge in [0.05, 0.1) is 18.1 Å². The molecule has 3 N–H and O–H groups in total. The monoisotopic (exact) mass is 784 g/mol. The number of methoxy groups -OCH3 is 1. The van der Waals surface area contributed by atoms with Crippen molar-refractivity contribution in [2.24, 2.45) is 11.8 Å². The molecule has 2 heterocycles. The summed E-state index contributed by atoms with van der Waals surface area (Å²) in [7, 11) is 1.28. The molecule has 0 saturated heterocycles. The molecule has 0 fully saturated rings. The van der Waals surface area contributed by atoms with Crippen LogP contribution in [0.15, 0.2) is 131 Å². The van der Waals surface area contributed by atoms with E-state index in [-0.39, 0.29) is 28.4 Å². The van der Waals surface area contributed by atoms with Gasteiger partial charge in [0.25, 0.3) is 11.8 Å². The van der Waals surface area contributed by atoms with Crippen LogP contribution >= 0.6 is 0 Å². The van der Waals surface area contributed by atoms with Gasteiger partial charge in [-0.15, -0.1) is 0 Å². The van der Waals surface area contributed by atoms with Crippen molar-refractivity contribution >= 4 is 45.6 Å². The van der Waals surface area contributed by atoms with E-state index >= 15 is 0 Å². The van der Waals surface area contributed by atoms with Gasteiger partial charge < -0.3 is 29.6 Å². The van der Waals surface area contributed by atoms with Crippen molar-refractivity contribution in [2.45, 2.75) is 59.3 Å². The highest BCUT2D eigenvalue weighted by Crippen LogP contribution is 2.21. The van der Waals surface area contributed by atoms with Gasteiger partial charge in [-0.1, -0.05) is 113 Å². The van der Waals surface area contributed by atoms with Crippen LogP contribution in [-0.4, -0.2) is 56.7 Å². The van der Waals surface area contributed by atoms with Crippen molar-refractivity contribution in [3.05, 3.63) is 164 Å². The lowest BCUT2D eigenvalue weighted by Gasteiger charge is -2.31. The molecular formula is C46H48N4O8. The Hall–Kier alpha value is -6.82. The highest BCUT2D eigenvalue weighted by atomic mass is 16.5. The van der Waals surface area contributed by atoms with E-state index in [2.05, 4.69) is 10.6 Å². The summed E-state index contributed by atoms with van der Waals surface area (Å²) in [5.74, 6) is -3.52. The smallest absolute Gasteiger partial charge is 0.331 e. The molecule has 0 aliphatic heterocycles. The van der Waals surface area contributed by atoms with E-state index < -0.39 is 40.8 Å². The number of carboxylic acids is 1. The zero-order valence-electron chi connectivity index (χ0n) is 33.4. The lowest BCUT2D eigenvalue weighted by atomic mass is 9.88. The fraction of sp³-hybridized carbons (Fsp3) is 0.261. The van der Waals surface area contributed by atoms with Gasteiger partial charge in [0.1, 0.15) is 22.7 Å². The van der Waals surface area contributed by atoms with Crippen LogP contribution in [0.1, 0.15) is 66.5 Å². The normalized spacial score (nSPS) is 12.6. The molecule has 2 amide bonds. The maximum atomic E-state index is 13.1. The number of para-hydroxylation sites is 2. The van der Waals surface area contributed by atoms with Gasteiger partial charge in [-0.3, -0.25) is 19.2 Å². The van der Waals surface area contributed by atoms with Crippen LogP contribution in [0, 0.1) is 11.8 Å². The Balaban J connectivity index is 0.000000221. The van der Waals surface area contributed by atoms with Gasteiger partial charge in [0.15, 0.2) is 0 Å². The molecule has 58 heavy (non-hydrogen) atoms. The lowest BCUT2D eigenvalue weighted by Crippen LogP contribution is -2.57. The number of hydrogen-bond donors (Lipinski definition) is 3. The highest BCUT2D eigenvalue weighted by Gasteiger charge is 2.40. The van der Waals surface area contributed by atoms with E-state index in [0.717, 1.165) is 16.6 Å². The number of benzene rings is 4. The Labute approximate surface area is 336 Å². The molecule has 6 rings (SSSR count). The Morgan fingerprint density at radius 3 is 1.47 bits per heavy atom. The number of ether oxygens (including phenoxy) is 1. The predicted octanol–water partition coefficient (Wildman–Crippen LogP) is 6.26. The van der Waals surface area contributed by atoms with E-state index in [1.807, 2.05) is 108 Å². The predicted molar refractivity (Wildman–Crippen MR) is 224 cm³/mol. The van der Waals surface area contributed by atoms with Crippen molar-refractivity contribution in [2.75, 3.05) is 7.11 Å². The van der Waals surface area contributed by atoms with Gasteiger partial charge >= 0.3 is 11.9 Å². The van der Waals surface area contributed by atoms with Crippen molar-refractivity contribution in [3.8, 4) is 0 Å². The zero-order chi connectivity index (χ0) is 42.1. The van der Waals surface area contributed by atoms with E-state index in [1.54, 1.807) is 51.2 Å². The summed E-state index contributed by atoms with van der Waals surface area (Å²) in [5.41, 5.74) is 1.39. The van der Waals surface area contributed by atoms with Gasteiger partial charge in [0.2, 0.25) is 10.9 Å². The lowest BCUT2D eigenvalue weighted by molar-refractivity contribution is -0.149. The Morgan fingerprint density at radius 1 is 0.655 bits per heavy atom. The van der Waals surface area contributed by atoms with Crippen molar-refractivity contribution in [1.82, 2.24) is 19.8 Å². The number of nitrogens with one attached hydrogen (secondary N) is 2. The number of pyridine rings is 2. The summed E-state index contributed by atoms with van der Waals surface area (Å²) in [4.78, 5) is 75.6. The third kappa shape index (κ3) is 9.40. The summed E-state index contributed by atoms with van der Waals surface area (Å²) < 4.78 is 8.60. The first-order valence-corrected chi connectivity index (χ1v) is 18.9. The number of aliphatic carboxylic acids is 1. The first-order chi connectivity index (χ1) is 27.7. The number of carbonyl (C=O) groups excluding carboxylic acids is 3. The minimum Gasteiger partial charge on any atom is -0.480 e. The van der Waals surface area contributed by atoms with Crippen LogP contribution in [0.25, 0.3) is 21.8 Å². The minimum atomic E-state index is -1.26. The average molecular weight is 785 g/mol. The molecular weight excluding hydrogens is 737 g/mol. The number of fused-ring (bicyclic) bond motifs is 2. The molecule has 2 aromatic heterocycles. The molecule has 0 aliphatic rings. The number of hydrogen-bond acceptors (Lipinski definition) is 7. The summed E-state index contributed by atoms with van der Waals surface area (Å²) in [6, 6.07) is 32.7. The average Bonchev–Trinajstić information content (AvgIpc) is 3.22. The van der Waals surface area contributed by atoms with Gasteiger partial charge in [-0.2, -0.15) is 0 Å². The molecule has 12 heteroatoms. The summed E-state index contributed by atoms with van der Waals surface area (Å²) >= 11 is 0. The van der Waals surface area contributed by atoms with E-state index in [9.17, 15) is 33.9 Å². The third-order valence-corrected chi connectivity index (χ3v) is 10.2. The van der Waals surface area contributed by atoms with Crippen LogP contribution in [0.5, 0.6) is 0 Å².